The van der Waals surface area contributed by atoms with Gasteiger partial charge in [-0.05, 0) is 0 Å². The lowest BCUT2D eigenvalue weighted by atomic mass is 10.4. The number of hydrogen-bond acceptors (Lipinski definition) is 4. The molecule has 1 aliphatic heterocycles. The Bertz CT molecular complexity index is 202. The summed E-state index contributed by atoms with van der Waals surface area (Å²) in [6.07, 6.45) is 0. The fourth-order valence-corrected chi connectivity index (χ4v) is 2.41. The molecule has 1 unspecified atom stereocenters. The van der Waals surface area contributed by atoms with E-state index in [0.717, 1.165) is 5.75 Å². The fraction of sp³-hybridized carbons (Fsp3) is 0.714. The monoisotopic (exact) mass is 223 g/mol. The quantitative estimate of drug-likeness (QED) is 0.499. The van der Waals surface area contributed by atoms with Crippen LogP contribution in [0.1, 0.15) is 0 Å². The average molecular weight is 224 g/mol. The van der Waals surface area contributed by atoms with Gasteiger partial charge >= 0.3 is 5.97 Å². The molecule has 0 N–H and O–H groups in total. The fourth-order valence-electron chi connectivity index (χ4n) is 1.10. The molecule has 74 valence electrons. The summed E-state index contributed by atoms with van der Waals surface area (Å²) in [5.74, 6) is 0.0548. The van der Waals surface area contributed by atoms with Crippen LogP contribution in [0.3, 0.4) is 0 Å². The van der Waals surface area contributed by atoms with Crippen molar-refractivity contribution in [1.29, 1.82) is 0 Å². The first kappa shape index (κ1) is 10.7. The Hall–Kier alpha value is -0.420. The van der Waals surface area contributed by atoms with Crippen molar-refractivity contribution in [3.8, 4) is 0 Å². The molecular formula is C7H10ClNO3S. The third kappa shape index (κ3) is 2.28. The van der Waals surface area contributed by atoms with Gasteiger partial charge in [0.05, 0.1) is 7.11 Å². The van der Waals surface area contributed by atoms with E-state index in [1.54, 1.807) is 0 Å². The van der Waals surface area contributed by atoms with Gasteiger partial charge in [-0.15, -0.1) is 23.4 Å². The number of amides is 1. The number of carbonyl (C=O) groups is 2. The third-order valence-corrected chi connectivity index (χ3v) is 3.14. The minimum atomic E-state index is -0.503. The molecule has 0 aromatic carbocycles. The van der Waals surface area contributed by atoms with E-state index in [9.17, 15) is 9.59 Å². The highest BCUT2D eigenvalue weighted by molar-refractivity contribution is 8.00. The van der Waals surface area contributed by atoms with E-state index in [1.165, 1.54) is 23.8 Å². The van der Waals surface area contributed by atoms with E-state index >= 15 is 0 Å². The van der Waals surface area contributed by atoms with Crippen molar-refractivity contribution in [2.24, 2.45) is 0 Å². The predicted molar refractivity (Wildman–Crippen MR) is 50.7 cm³/mol. The molecule has 0 aliphatic carbocycles. The Labute approximate surface area is 85.5 Å². The summed E-state index contributed by atoms with van der Waals surface area (Å²) in [6.45, 7) is 0.565. The highest BCUT2D eigenvalue weighted by Gasteiger charge is 2.34. The summed E-state index contributed by atoms with van der Waals surface area (Å²) in [4.78, 5) is 23.8. The van der Waals surface area contributed by atoms with Crippen molar-refractivity contribution < 1.29 is 14.3 Å². The molecule has 1 saturated heterocycles. The van der Waals surface area contributed by atoms with Gasteiger partial charge in [0.2, 0.25) is 5.91 Å². The maximum atomic E-state index is 11.2. The highest BCUT2D eigenvalue weighted by Crippen LogP contribution is 2.24. The molecular weight excluding hydrogens is 214 g/mol. The molecule has 1 aliphatic rings. The molecule has 1 fully saturated rings. The summed E-state index contributed by atoms with van der Waals surface area (Å²) in [5.41, 5.74) is 0. The summed E-state index contributed by atoms with van der Waals surface area (Å²) >= 11 is 6.79. The number of methoxy groups -OCH3 is 1. The standard InChI is InChI=1S/C7H10ClNO3S/c1-12-7(11)6-9(2-3-13-6)5(10)4-8/h6H,2-4H2,1H3. The van der Waals surface area contributed by atoms with Crippen LogP contribution < -0.4 is 0 Å². The van der Waals surface area contributed by atoms with Crippen LogP contribution in [-0.2, 0) is 14.3 Å². The van der Waals surface area contributed by atoms with Crippen LogP contribution in [-0.4, -0.2) is 47.4 Å². The Morgan fingerprint density at radius 2 is 2.38 bits per heavy atom. The van der Waals surface area contributed by atoms with E-state index < -0.39 is 5.37 Å². The second-order valence-electron chi connectivity index (χ2n) is 2.47. The number of ether oxygens (including phenoxy) is 1. The highest BCUT2D eigenvalue weighted by atomic mass is 35.5. The first-order valence-corrected chi connectivity index (χ1v) is 5.34. The number of hydrogen-bond donors (Lipinski definition) is 0. The van der Waals surface area contributed by atoms with E-state index in [1.807, 2.05) is 0 Å². The maximum Gasteiger partial charge on any atom is 0.339 e. The van der Waals surface area contributed by atoms with Crippen LogP contribution in [0.4, 0.5) is 0 Å². The van der Waals surface area contributed by atoms with E-state index in [0.29, 0.717) is 6.54 Å². The molecule has 0 saturated carbocycles. The lowest BCUT2D eigenvalue weighted by Gasteiger charge is -2.20. The zero-order valence-corrected chi connectivity index (χ0v) is 8.73. The number of rotatable bonds is 2. The molecule has 1 rings (SSSR count). The Balaban J connectivity index is 2.63. The van der Waals surface area contributed by atoms with Gasteiger partial charge in [0.15, 0.2) is 5.37 Å². The van der Waals surface area contributed by atoms with Gasteiger partial charge in [-0.3, -0.25) is 4.79 Å². The van der Waals surface area contributed by atoms with Gasteiger partial charge < -0.3 is 9.64 Å². The van der Waals surface area contributed by atoms with E-state index in [2.05, 4.69) is 4.74 Å². The average Bonchev–Trinajstić information content (AvgIpc) is 2.63. The molecule has 4 nitrogen and oxygen atoms in total. The van der Waals surface area contributed by atoms with Crippen LogP contribution in [0.5, 0.6) is 0 Å². The molecule has 0 radical (unpaired) electrons. The zero-order valence-electron chi connectivity index (χ0n) is 7.16. The molecule has 1 amide bonds. The molecule has 1 atom stereocenters. The topological polar surface area (TPSA) is 46.6 Å². The summed E-state index contributed by atoms with van der Waals surface area (Å²) in [7, 11) is 1.31. The van der Waals surface area contributed by atoms with Crippen molar-refractivity contribution in [1.82, 2.24) is 4.90 Å². The number of carbonyl (C=O) groups excluding carboxylic acids is 2. The largest absolute Gasteiger partial charge is 0.467 e. The lowest BCUT2D eigenvalue weighted by molar-refractivity contribution is -0.147. The van der Waals surface area contributed by atoms with Crippen LogP contribution in [0.2, 0.25) is 0 Å². The lowest BCUT2D eigenvalue weighted by Crippen LogP contribution is -2.40. The maximum absolute atomic E-state index is 11.2. The van der Waals surface area contributed by atoms with Crippen molar-refractivity contribution in [2.75, 3.05) is 25.3 Å². The number of nitrogens with zero attached hydrogens (tertiary/aromatic N) is 1. The van der Waals surface area contributed by atoms with E-state index in [-0.39, 0.29) is 17.8 Å². The van der Waals surface area contributed by atoms with Gasteiger partial charge in [-0.1, -0.05) is 0 Å². The van der Waals surface area contributed by atoms with Gasteiger partial charge in [-0.2, -0.15) is 0 Å². The van der Waals surface area contributed by atoms with Crippen LogP contribution >= 0.6 is 23.4 Å². The summed E-state index contributed by atoms with van der Waals surface area (Å²) < 4.78 is 4.56. The molecule has 0 spiro atoms. The number of halogens is 1. The Kier molecular flexibility index (Phi) is 3.87. The van der Waals surface area contributed by atoms with Gasteiger partial charge in [0, 0.05) is 12.3 Å². The molecule has 0 aromatic rings. The van der Waals surface area contributed by atoms with Crippen LogP contribution in [0.15, 0.2) is 0 Å². The first-order valence-electron chi connectivity index (χ1n) is 3.75. The zero-order chi connectivity index (χ0) is 9.84. The van der Waals surface area contributed by atoms with Gasteiger partial charge in [0.25, 0.3) is 0 Å². The minimum absolute atomic E-state index is 0.0892. The molecule has 1 heterocycles. The summed E-state index contributed by atoms with van der Waals surface area (Å²) in [5, 5.41) is -0.503. The normalized spacial score (nSPS) is 21.7. The molecule has 6 heteroatoms. The van der Waals surface area contributed by atoms with Crippen LogP contribution in [0.25, 0.3) is 0 Å². The third-order valence-electron chi connectivity index (χ3n) is 1.73. The van der Waals surface area contributed by atoms with E-state index in [4.69, 9.17) is 11.6 Å². The molecule has 0 aromatic heterocycles. The Morgan fingerprint density at radius 1 is 1.69 bits per heavy atom. The van der Waals surface area contributed by atoms with Gasteiger partial charge in [0.1, 0.15) is 5.88 Å². The number of esters is 1. The molecule has 0 bridgehead atoms. The second kappa shape index (κ2) is 4.72. The Morgan fingerprint density at radius 3 is 2.92 bits per heavy atom. The first-order chi connectivity index (χ1) is 6.20. The minimum Gasteiger partial charge on any atom is -0.467 e. The SMILES string of the molecule is COC(=O)C1SCCN1C(=O)CCl. The van der Waals surface area contributed by atoms with Crippen molar-refractivity contribution >= 4 is 35.2 Å². The van der Waals surface area contributed by atoms with Gasteiger partial charge in [-0.25, -0.2) is 4.79 Å². The second-order valence-corrected chi connectivity index (χ2v) is 3.92. The van der Waals surface area contributed by atoms with Crippen molar-refractivity contribution in [3.05, 3.63) is 0 Å². The predicted octanol–water partition coefficient (Wildman–Crippen LogP) is 0.300. The summed E-state index contributed by atoms with van der Waals surface area (Å²) in [6, 6.07) is 0. The smallest absolute Gasteiger partial charge is 0.339 e. The number of thioether (sulfide) groups is 1. The van der Waals surface area contributed by atoms with Crippen molar-refractivity contribution in [3.63, 3.8) is 0 Å². The van der Waals surface area contributed by atoms with Crippen LogP contribution in [0, 0.1) is 0 Å². The molecule has 13 heavy (non-hydrogen) atoms. The van der Waals surface area contributed by atoms with Crippen molar-refractivity contribution in [2.45, 2.75) is 5.37 Å². The number of alkyl halides is 1.